The van der Waals surface area contributed by atoms with Crippen molar-refractivity contribution in [3.05, 3.63) is 81.4 Å². The molecule has 0 bridgehead atoms. The van der Waals surface area contributed by atoms with Crippen LogP contribution < -0.4 is 5.63 Å². The summed E-state index contributed by atoms with van der Waals surface area (Å²) in [6, 6.07) is 16.8. The quantitative estimate of drug-likeness (QED) is 0.703. The van der Waals surface area contributed by atoms with E-state index in [0.717, 1.165) is 10.9 Å². The summed E-state index contributed by atoms with van der Waals surface area (Å²) in [4.78, 5) is 11.9. The van der Waals surface area contributed by atoms with Gasteiger partial charge in [0.1, 0.15) is 5.76 Å². The molecule has 0 saturated heterocycles. The smallest absolute Gasteiger partial charge is 0.343 e. The van der Waals surface area contributed by atoms with Crippen LogP contribution in [0, 0.1) is 0 Å². The van der Waals surface area contributed by atoms with Crippen molar-refractivity contribution in [1.82, 2.24) is 0 Å². The maximum atomic E-state index is 11.9. The van der Waals surface area contributed by atoms with Crippen molar-refractivity contribution in [1.29, 1.82) is 0 Å². The van der Waals surface area contributed by atoms with Gasteiger partial charge in [0.15, 0.2) is 0 Å². The number of fused-ring (bicyclic) bond motifs is 1. The van der Waals surface area contributed by atoms with Gasteiger partial charge in [-0.25, -0.2) is 4.79 Å². The summed E-state index contributed by atoms with van der Waals surface area (Å²) in [6.07, 6.45) is 0.514. The fourth-order valence-corrected chi connectivity index (χ4v) is 2.30. The zero-order valence-corrected chi connectivity index (χ0v) is 10.9. The molecule has 2 aromatic carbocycles. The van der Waals surface area contributed by atoms with Gasteiger partial charge in [-0.3, -0.25) is 0 Å². The molecule has 0 amide bonds. The SMILES string of the molecule is O=c1oc(Cc2ccccc2Cl)cc2ccccc12. The second-order valence-corrected chi connectivity index (χ2v) is 4.76. The van der Waals surface area contributed by atoms with Gasteiger partial charge < -0.3 is 4.42 Å². The molecule has 0 unspecified atom stereocenters. The zero-order valence-electron chi connectivity index (χ0n) is 10.1. The molecular weight excluding hydrogens is 260 g/mol. The van der Waals surface area contributed by atoms with E-state index in [9.17, 15) is 4.79 Å². The lowest BCUT2D eigenvalue weighted by atomic mass is 10.1. The number of benzene rings is 2. The number of hydrogen-bond donors (Lipinski definition) is 0. The summed E-state index contributed by atoms with van der Waals surface area (Å²) in [5, 5.41) is 2.17. The minimum atomic E-state index is -0.305. The Morgan fingerprint density at radius 1 is 1.00 bits per heavy atom. The Morgan fingerprint density at radius 2 is 1.74 bits per heavy atom. The normalized spacial score (nSPS) is 10.8. The molecular formula is C16H11ClO2. The topological polar surface area (TPSA) is 30.2 Å². The van der Waals surface area contributed by atoms with Crippen molar-refractivity contribution in [3.8, 4) is 0 Å². The predicted molar refractivity (Wildman–Crippen MR) is 76.7 cm³/mol. The second kappa shape index (κ2) is 4.90. The van der Waals surface area contributed by atoms with Gasteiger partial charge in [0, 0.05) is 11.4 Å². The van der Waals surface area contributed by atoms with Crippen molar-refractivity contribution in [2.24, 2.45) is 0 Å². The molecule has 1 aromatic heterocycles. The Labute approximate surface area is 115 Å². The third kappa shape index (κ3) is 2.40. The van der Waals surface area contributed by atoms with E-state index >= 15 is 0 Å². The van der Waals surface area contributed by atoms with Crippen molar-refractivity contribution < 1.29 is 4.42 Å². The average molecular weight is 271 g/mol. The van der Waals surface area contributed by atoms with Crippen LogP contribution in [-0.4, -0.2) is 0 Å². The molecule has 19 heavy (non-hydrogen) atoms. The van der Waals surface area contributed by atoms with E-state index in [1.165, 1.54) is 0 Å². The van der Waals surface area contributed by atoms with Gasteiger partial charge in [0.2, 0.25) is 0 Å². The molecule has 0 N–H and O–H groups in total. The van der Waals surface area contributed by atoms with Crippen LogP contribution in [0.25, 0.3) is 10.8 Å². The molecule has 1 heterocycles. The van der Waals surface area contributed by atoms with E-state index in [1.54, 1.807) is 6.07 Å². The van der Waals surface area contributed by atoms with Crippen molar-refractivity contribution >= 4 is 22.4 Å². The minimum Gasteiger partial charge on any atom is -0.427 e. The highest BCUT2D eigenvalue weighted by atomic mass is 35.5. The first-order valence-corrected chi connectivity index (χ1v) is 6.37. The standard InChI is InChI=1S/C16H11ClO2/c17-15-8-4-2-6-12(15)10-13-9-11-5-1-3-7-14(11)16(18)19-13/h1-9H,10H2. The Kier molecular flexibility index (Phi) is 3.10. The average Bonchev–Trinajstić information content (AvgIpc) is 2.42. The van der Waals surface area contributed by atoms with Gasteiger partial charge in [-0.2, -0.15) is 0 Å². The molecule has 3 heteroatoms. The highest BCUT2D eigenvalue weighted by molar-refractivity contribution is 6.31. The molecule has 94 valence electrons. The largest absolute Gasteiger partial charge is 0.427 e. The fraction of sp³-hybridized carbons (Fsp3) is 0.0625. The molecule has 0 radical (unpaired) electrons. The molecule has 0 aliphatic rings. The van der Waals surface area contributed by atoms with Crippen LogP contribution in [0.3, 0.4) is 0 Å². The third-order valence-electron chi connectivity index (χ3n) is 3.04. The first-order valence-electron chi connectivity index (χ1n) is 5.99. The first-order chi connectivity index (χ1) is 9.24. The zero-order chi connectivity index (χ0) is 13.2. The lowest BCUT2D eigenvalue weighted by molar-refractivity contribution is 0.476. The van der Waals surface area contributed by atoms with Crippen LogP contribution in [0.1, 0.15) is 11.3 Å². The summed E-state index contributed by atoms with van der Waals surface area (Å²) < 4.78 is 5.34. The molecule has 2 nitrogen and oxygen atoms in total. The summed E-state index contributed by atoms with van der Waals surface area (Å²) in [6.45, 7) is 0. The van der Waals surface area contributed by atoms with E-state index in [0.29, 0.717) is 22.6 Å². The van der Waals surface area contributed by atoms with Crippen LogP contribution in [0.15, 0.2) is 63.8 Å². The van der Waals surface area contributed by atoms with Gasteiger partial charge in [0.05, 0.1) is 5.39 Å². The molecule has 3 aromatic rings. The third-order valence-corrected chi connectivity index (χ3v) is 3.41. The van der Waals surface area contributed by atoms with Crippen LogP contribution in [0.4, 0.5) is 0 Å². The van der Waals surface area contributed by atoms with Gasteiger partial charge in [-0.1, -0.05) is 48.0 Å². The van der Waals surface area contributed by atoms with Gasteiger partial charge in [0.25, 0.3) is 0 Å². The summed E-state index contributed by atoms with van der Waals surface area (Å²) >= 11 is 6.11. The van der Waals surface area contributed by atoms with Crippen molar-refractivity contribution in [2.45, 2.75) is 6.42 Å². The van der Waals surface area contributed by atoms with E-state index < -0.39 is 0 Å². The summed E-state index contributed by atoms with van der Waals surface area (Å²) in [7, 11) is 0. The van der Waals surface area contributed by atoms with Crippen LogP contribution in [0.2, 0.25) is 5.02 Å². The van der Waals surface area contributed by atoms with Crippen LogP contribution >= 0.6 is 11.6 Å². The van der Waals surface area contributed by atoms with E-state index in [1.807, 2.05) is 48.5 Å². The number of rotatable bonds is 2. The molecule has 0 saturated carbocycles. The lowest BCUT2D eigenvalue weighted by Gasteiger charge is -2.04. The second-order valence-electron chi connectivity index (χ2n) is 4.36. The molecule has 3 rings (SSSR count). The Bertz CT molecular complexity index is 790. The maximum absolute atomic E-state index is 11.9. The van der Waals surface area contributed by atoms with Gasteiger partial charge in [-0.15, -0.1) is 0 Å². The van der Waals surface area contributed by atoms with Crippen LogP contribution in [0.5, 0.6) is 0 Å². The molecule has 0 spiro atoms. The highest BCUT2D eigenvalue weighted by Gasteiger charge is 2.06. The molecule has 0 atom stereocenters. The van der Waals surface area contributed by atoms with Gasteiger partial charge >= 0.3 is 5.63 Å². The fourth-order valence-electron chi connectivity index (χ4n) is 2.10. The monoisotopic (exact) mass is 270 g/mol. The highest BCUT2D eigenvalue weighted by Crippen LogP contribution is 2.20. The number of halogens is 1. The Hall–Kier alpha value is -2.06. The summed E-state index contributed by atoms with van der Waals surface area (Å²) in [5.74, 6) is 0.622. The van der Waals surface area contributed by atoms with E-state index in [-0.39, 0.29) is 5.63 Å². The molecule has 0 aliphatic carbocycles. The minimum absolute atomic E-state index is 0.305. The Balaban J connectivity index is 2.07. The lowest BCUT2D eigenvalue weighted by Crippen LogP contribution is -2.02. The predicted octanol–water partition coefficient (Wildman–Crippen LogP) is 4.04. The van der Waals surface area contributed by atoms with Crippen molar-refractivity contribution in [2.75, 3.05) is 0 Å². The first kappa shape index (κ1) is 12.0. The van der Waals surface area contributed by atoms with Crippen molar-refractivity contribution in [3.63, 3.8) is 0 Å². The van der Waals surface area contributed by atoms with E-state index in [4.69, 9.17) is 16.0 Å². The summed E-state index contributed by atoms with van der Waals surface area (Å²) in [5.41, 5.74) is 0.641. The number of hydrogen-bond acceptors (Lipinski definition) is 2. The molecule has 0 fully saturated rings. The Morgan fingerprint density at radius 3 is 2.58 bits per heavy atom. The van der Waals surface area contributed by atoms with E-state index in [2.05, 4.69) is 0 Å². The molecule has 0 aliphatic heterocycles. The van der Waals surface area contributed by atoms with Crippen LogP contribution in [-0.2, 0) is 6.42 Å². The van der Waals surface area contributed by atoms with Gasteiger partial charge in [-0.05, 0) is 29.1 Å². The maximum Gasteiger partial charge on any atom is 0.343 e.